The Morgan fingerprint density at radius 1 is 1.52 bits per heavy atom. The van der Waals surface area contributed by atoms with Gasteiger partial charge in [-0.15, -0.1) is 11.3 Å². The van der Waals surface area contributed by atoms with Crippen LogP contribution in [0, 0.1) is 17.7 Å². The van der Waals surface area contributed by atoms with E-state index in [1.807, 2.05) is 5.38 Å². The van der Waals surface area contributed by atoms with Gasteiger partial charge in [-0.05, 0) is 18.2 Å². The number of nitrogens with zero attached hydrogens (tertiary/aromatic N) is 2. The highest BCUT2D eigenvalue weighted by atomic mass is 32.1. The van der Waals surface area contributed by atoms with Crippen LogP contribution in [0.1, 0.15) is 21.6 Å². The highest BCUT2D eigenvalue weighted by Gasteiger charge is 2.16. The molecule has 108 valence electrons. The fourth-order valence-electron chi connectivity index (χ4n) is 1.79. The van der Waals surface area contributed by atoms with E-state index in [2.05, 4.69) is 16.8 Å². The van der Waals surface area contributed by atoms with Crippen LogP contribution in [0.15, 0.2) is 29.1 Å². The first kappa shape index (κ1) is 15.2. The zero-order chi connectivity index (χ0) is 15.2. The lowest BCUT2D eigenvalue weighted by atomic mass is 10.1. The highest BCUT2D eigenvalue weighted by molar-refractivity contribution is 7.07. The largest absolute Gasteiger partial charge is 0.336 e. The Bertz CT molecular complexity index is 689. The second-order valence-corrected chi connectivity index (χ2v) is 5.06. The molecule has 1 amide bonds. The van der Waals surface area contributed by atoms with E-state index in [1.54, 1.807) is 12.6 Å². The maximum Gasteiger partial charge on any atom is 0.255 e. The van der Waals surface area contributed by atoms with E-state index in [0.29, 0.717) is 17.7 Å². The minimum absolute atomic E-state index is 0.152. The van der Waals surface area contributed by atoms with E-state index in [0.717, 1.165) is 5.69 Å². The third-order valence-corrected chi connectivity index (χ3v) is 3.40. The molecule has 0 spiro atoms. The molecular weight excluding hydrogens is 289 g/mol. The van der Waals surface area contributed by atoms with Crippen molar-refractivity contribution < 1.29 is 9.18 Å². The zero-order valence-corrected chi connectivity index (χ0v) is 12.3. The topological polar surface area (TPSA) is 59.2 Å². The van der Waals surface area contributed by atoms with Crippen molar-refractivity contribution in [2.24, 2.45) is 5.73 Å². The number of benzene rings is 1. The van der Waals surface area contributed by atoms with Gasteiger partial charge in [-0.1, -0.05) is 11.8 Å². The molecule has 0 radical (unpaired) electrons. The first-order valence-corrected chi connectivity index (χ1v) is 7.17. The fourth-order valence-corrected chi connectivity index (χ4v) is 2.34. The highest BCUT2D eigenvalue weighted by Crippen LogP contribution is 2.14. The molecule has 0 atom stereocenters. The first-order valence-electron chi connectivity index (χ1n) is 6.23. The van der Waals surface area contributed by atoms with Crippen molar-refractivity contribution in [1.82, 2.24) is 9.88 Å². The molecule has 0 aliphatic carbocycles. The van der Waals surface area contributed by atoms with Gasteiger partial charge in [0, 0.05) is 18.0 Å². The van der Waals surface area contributed by atoms with Gasteiger partial charge in [0.15, 0.2) is 0 Å². The molecule has 21 heavy (non-hydrogen) atoms. The van der Waals surface area contributed by atoms with Gasteiger partial charge >= 0.3 is 0 Å². The van der Waals surface area contributed by atoms with Crippen molar-refractivity contribution in [3.63, 3.8) is 0 Å². The summed E-state index contributed by atoms with van der Waals surface area (Å²) in [5.74, 6) is 4.71. The van der Waals surface area contributed by atoms with Gasteiger partial charge in [0.25, 0.3) is 5.91 Å². The summed E-state index contributed by atoms with van der Waals surface area (Å²) in [7, 11) is 1.67. The zero-order valence-electron chi connectivity index (χ0n) is 11.5. The van der Waals surface area contributed by atoms with Crippen LogP contribution in [-0.2, 0) is 6.54 Å². The van der Waals surface area contributed by atoms with Crippen LogP contribution in [0.5, 0.6) is 0 Å². The lowest BCUT2D eigenvalue weighted by Crippen LogP contribution is -2.27. The molecule has 2 aromatic rings. The molecule has 1 aromatic heterocycles. The summed E-state index contributed by atoms with van der Waals surface area (Å²) in [4.78, 5) is 18.1. The van der Waals surface area contributed by atoms with Crippen molar-refractivity contribution in [2.75, 3.05) is 13.6 Å². The van der Waals surface area contributed by atoms with Crippen LogP contribution in [0.3, 0.4) is 0 Å². The van der Waals surface area contributed by atoms with Crippen LogP contribution in [0.4, 0.5) is 4.39 Å². The standard InChI is InChI=1S/C15H14FN3OS/c1-19(8-13-9-21-10-18-13)15(20)14-5-4-12(16)7-11(14)3-2-6-17/h4-5,7,9-10H,6,8,17H2,1H3. The summed E-state index contributed by atoms with van der Waals surface area (Å²) < 4.78 is 13.3. The number of nitrogens with two attached hydrogens (primary N) is 1. The second kappa shape index (κ2) is 6.97. The van der Waals surface area contributed by atoms with Gasteiger partial charge in [-0.3, -0.25) is 4.79 Å². The number of carbonyl (C=O) groups excluding carboxylic acids is 1. The maximum atomic E-state index is 13.3. The third-order valence-electron chi connectivity index (χ3n) is 2.77. The SMILES string of the molecule is CN(Cc1cscn1)C(=O)c1ccc(F)cc1C#CCN. The summed E-state index contributed by atoms with van der Waals surface area (Å²) in [5, 5.41) is 1.88. The number of carbonyl (C=O) groups is 1. The molecule has 0 fully saturated rings. The number of hydrogen-bond donors (Lipinski definition) is 1. The monoisotopic (exact) mass is 303 g/mol. The first-order chi connectivity index (χ1) is 10.1. The molecule has 2 N–H and O–H groups in total. The quantitative estimate of drug-likeness (QED) is 0.881. The smallest absolute Gasteiger partial charge is 0.255 e. The molecule has 2 rings (SSSR count). The average molecular weight is 303 g/mol. The lowest BCUT2D eigenvalue weighted by molar-refractivity contribution is 0.0783. The number of rotatable bonds is 3. The minimum Gasteiger partial charge on any atom is -0.336 e. The summed E-state index contributed by atoms with van der Waals surface area (Å²) in [6, 6.07) is 3.93. The second-order valence-electron chi connectivity index (χ2n) is 4.34. The molecule has 4 nitrogen and oxygen atoms in total. The van der Waals surface area contributed by atoms with Crippen LogP contribution in [0.25, 0.3) is 0 Å². The molecule has 1 heterocycles. The van der Waals surface area contributed by atoms with E-state index in [4.69, 9.17) is 5.73 Å². The molecule has 0 bridgehead atoms. The predicted molar refractivity (Wildman–Crippen MR) is 80.2 cm³/mol. The average Bonchev–Trinajstić information content (AvgIpc) is 2.97. The number of thiazole rings is 1. The molecule has 0 saturated carbocycles. The molecule has 6 heteroatoms. The lowest BCUT2D eigenvalue weighted by Gasteiger charge is -2.17. The Hall–Kier alpha value is -2.23. The Labute approximate surface area is 126 Å². The van der Waals surface area contributed by atoms with Gasteiger partial charge in [0.1, 0.15) is 5.82 Å². The van der Waals surface area contributed by atoms with Crippen molar-refractivity contribution in [2.45, 2.75) is 6.54 Å². The van der Waals surface area contributed by atoms with Gasteiger partial charge in [0.05, 0.1) is 29.9 Å². The molecule has 0 saturated heterocycles. The Kier molecular flexibility index (Phi) is 5.04. The van der Waals surface area contributed by atoms with E-state index in [9.17, 15) is 9.18 Å². The predicted octanol–water partition coefficient (Wildman–Crippen LogP) is 1.86. The Balaban J connectivity index is 2.25. The van der Waals surface area contributed by atoms with Gasteiger partial charge in [0.2, 0.25) is 0 Å². The Morgan fingerprint density at radius 2 is 2.33 bits per heavy atom. The Morgan fingerprint density at radius 3 is 3.00 bits per heavy atom. The number of aromatic nitrogens is 1. The van der Waals surface area contributed by atoms with Crippen LogP contribution < -0.4 is 5.73 Å². The van der Waals surface area contributed by atoms with Crippen LogP contribution in [0.2, 0.25) is 0 Å². The third kappa shape index (κ3) is 3.88. The number of amides is 1. The molecule has 0 aliphatic heterocycles. The molecule has 1 aromatic carbocycles. The summed E-state index contributed by atoms with van der Waals surface area (Å²) >= 11 is 1.47. The summed E-state index contributed by atoms with van der Waals surface area (Å²) in [6.07, 6.45) is 0. The normalized spacial score (nSPS) is 9.86. The number of hydrogen-bond acceptors (Lipinski definition) is 4. The fraction of sp³-hybridized carbons (Fsp3) is 0.200. The van der Waals surface area contributed by atoms with E-state index in [-0.39, 0.29) is 12.5 Å². The maximum absolute atomic E-state index is 13.3. The van der Waals surface area contributed by atoms with Crippen LogP contribution >= 0.6 is 11.3 Å². The molecule has 0 aliphatic rings. The number of halogens is 1. The summed E-state index contributed by atoms with van der Waals surface area (Å²) in [5.41, 5.74) is 8.55. The van der Waals surface area contributed by atoms with Gasteiger partial charge in [-0.2, -0.15) is 0 Å². The van der Waals surface area contributed by atoms with Crippen molar-refractivity contribution in [3.8, 4) is 11.8 Å². The molecular formula is C15H14FN3OS. The van der Waals surface area contributed by atoms with Gasteiger partial charge in [-0.25, -0.2) is 9.37 Å². The minimum atomic E-state index is -0.435. The summed E-state index contributed by atoms with van der Waals surface area (Å²) in [6.45, 7) is 0.544. The van der Waals surface area contributed by atoms with Crippen LogP contribution in [-0.4, -0.2) is 29.4 Å². The van der Waals surface area contributed by atoms with E-state index >= 15 is 0 Å². The van der Waals surface area contributed by atoms with Gasteiger partial charge < -0.3 is 10.6 Å². The van der Waals surface area contributed by atoms with Crippen molar-refractivity contribution >= 4 is 17.2 Å². The van der Waals surface area contributed by atoms with E-state index < -0.39 is 5.82 Å². The molecule has 0 unspecified atom stereocenters. The van der Waals surface area contributed by atoms with E-state index in [1.165, 1.54) is 34.4 Å². The van der Waals surface area contributed by atoms with Crippen molar-refractivity contribution in [3.05, 3.63) is 51.7 Å². The van der Waals surface area contributed by atoms with Crippen molar-refractivity contribution in [1.29, 1.82) is 0 Å².